The Morgan fingerprint density at radius 3 is 2.81 bits per heavy atom. The molecule has 3 rings (SSSR count). The topological polar surface area (TPSA) is 115 Å². The minimum absolute atomic E-state index is 0. The van der Waals surface area contributed by atoms with Gasteiger partial charge in [-0.1, -0.05) is 17.7 Å². The lowest BCUT2D eigenvalue weighted by atomic mass is 9.95. The standard InChI is InChI=1S/C19H22ClFN4O4S.ClH/c1-30(27,28)25(16-3-2-6-24-17(16)19(22)26)11-13-10-23-7-8-29-18(13)12-4-5-14(20)15(21)9-12;/h2-6,9,13,18,23H,7-8,10-11H2,1H3,(H2,22,26);1H/t13-,18-;/m0./s1. The average Bonchev–Trinajstić information content (AvgIpc) is 2.93. The van der Waals surface area contributed by atoms with Crippen LogP contribution in [0, 0.1) is 11.7 Å². The third-order valence-electron chi connectivity index (χ3n) is 4.77. The summed E-state index contributed by atoms with van der Waals surface area (Å²) in [6.45, 7) is 1.30. The van der Waals surface area contributed by atoms with Crippen molar-refractivity contribution in [2.45, 2.75) is 6.10 Å². The number of anilines is 1. The van der Waals surface area contributed by atoms with Gasteiger partial charge in [0.1, 0.15) is 5.82 Å². The van der Waals surface area contributed by atoms with E-state index in [1.54, 1.807) is 6.07 Å². The number of nitrogens with two attached hydrogens (primary N) is 1. The number of sulfonamides is 1. The maximum absolute atomic E-state index is 14.1. The molecule has 1 aromatic carbocycles. The number of nitrogens with zero attached hydrogens (tertiary/aromatic N) is 2. The van der Waals surface area contributed by atoms with Gasteiger partial charge in [-0.05, 0) is 29.8 Å². The molecule has 2 heterocycles. The number of ether oxygens (including phenoxy) is 1. The van der Waals surface area contributed by atoms with Crippen molar-refractivity contribution in [1.82, 2.24) is 10.3 Å². The number of primary amides is 1. The largest absolute Gasteiger partial charge is 0.372 e. The van der Waals surface area contributed by atoms with Gasteiger partial charge in [0.05, 0.1) is 29.7 Å². The molecule has 1 amide bonds. The zero-order valence-electron chi connectivity index (χ0n) is 16.6. The Bertz CT molecular complexity index is 1040. The molecule has 8 nitrogen and oxygen atoms in total. The van der Waals surface area contributed by atoms with E-state index in [1.807, 2.05) is 0 Å². The van der Waals surface area contributed by atoms with Gasteiger partial charge in [0.25, 0.3) is 5.91 Å². The van der Waals surface area contributed by atoms with Gasteiger partial charge in [0, 0.05) is 31.7 Å². The fraction of sp³-hybridized carbons (Fsp3) is 0.368. The van der Waals surface area contributed by atoms with Gasteiger partial charge < -0.3 is 15.8 Å². The van der Waals surface area contributed by atoms with E-state index < -0.39 is 33.8 Å². The number of carbonyl (C=O) groups excluding carboxylic acids is 1. The van der Waals surface area contributed by atoms with E-state index in [1.165, 1.54) is 30.5 Å². The zero-order chi connectivity index (χ0) is 21.9. The van der Waals surface area contributed by atoms with Crippen molar-refractivity contribution in [3.8, 4) is 0 Å². The van der Waals surface area contributed by atoms with Crippen LogP contribution in [0.4, 0.5) is 10.1 Å². The number of hydrogen-bond acceptors (Lipinski definition) is 6. The van der Waals surface area contributed by atoms with Gasteiger partial charge >= 0.3 is 0 Å². The molecule has 1 saturated heterocycles. The number of pyridine rings is 1. The lowest BCUT2D eigenvalue weighted by molar-refractivity contribution is 0.0333. The number of carbonyl (C=O) groups is 1. The fourth-order valence-corrected chi connectivity index (χ4v) is 4.50. The monoisotopic (exact) mass is 492 g/mol. The second kappa shape index (κ2) is 10.6. The normalized spacial score (nSPS) is 19.2. The van der Waals surface area contributed by atoms with Crippen molar-refractivity contribution < 1.29 is 22.3 Å². The number of rotatable bonds is 6. The third-order valence-corrected chi connectivity index (χ3v) is 6.23. The van der Waals surface area contributed by atoms with Crippen LogP contribution in [0.3, 0.4) is 0 Å². The van der Waals surface area contributed by atoms with E-state index in [0.29, 0.717) is 25.3 Å². The zero-order valence-corrected chi connectivity index (χ0v) is 19.0. The fourth-order valence-electron chi connectivity index (χ4n) is 3.42. The molecule has 0 radical (unpaired) electrons. The molecule has 12 heteroatoms. The molecule has 1 aliphatic heterocycles. The highest BCUT2D eigenvalue weighted by Gasteiger charge is 2.33. The molecule has 170 valence electrons. The summed E-state index contributed by atoms with van der Waals surface area (Å²) in [5.74, 6) is -1.83. The van der Waals surface area contributed by atoms with Crippen molar-refractivity contribution in [1.29, 1.82) is 0 Å². The van der Waals surface area contributed by atoms with Crippen LogP contribution in [0.25, 0.3) is 0 Å². The van der Waals surface area contributed by atoms with Crippen LogP contribution in [-0.4, -0.2) is 51.8 Å². The minimum atomic E-state index is -3.80. The van der Waals surface area contributed by atoms with E-state index in [0.717, 1.165) is 10.6 Å². The molecule has 2 atom stereocenters. The highest BCUT2D eigenvalue weighted by Crippen LogP contribution is 2.32. The number of benzene rings is 1. The first-order chi connectivity index (χ1) is 14.2. The van der Waals surface area contributed by atoms with Gasteiger partial charge in [-0.25, -0.2) is 17.8 Å². The lowest BCUT2D eigenvalue weighted by Gasteiger charge is -2.31. The Hall–Kier alpha value is -1.98. The predicted octanol–water partition coefficient (Wildman–Crippen LogP) is 2.14. The summed E-state index contributed by atoms with van der Waals surface area (Å²) in [5.41, 5.74) is 5.86. The quantitative estimate of drug-likeness (QED) is 0.638. The van der Waals surface area contributed by atoms with Gasteiger partial charge in [0.2, 0.25) is 10.0 Å². The van der Waals surface area contributed by atoms with Crippen LogP contribution >= 0.6 is 24.0 Å². The Labute approximate surface area is 191 Å². The smallest absolute Gasteiger partial charge is 0.269 e. The molecule has 0 unspecified atom stereocenters. The second-order valence-corrected chi connectivity index (χ2v) is 9.27. The maximum atomic E-state index is 14.1. The molecular formula is C19H23Cl2FN4O4S. The molecule has 2 aromatic rings. The van der Waals surface area contributed by atoms with Gasteiger partial charge in [-0.3, -0.25) is 9.10 Å². The molecule has 31 heavy (non-hydrogen) atoms. The highest BCUT2D eigenvalue weighted by molar-refractivity contribution is 7.92. The lowest BCUT2D eigenvalue weighted by Crippen LogP contribution is -2.41. The van der Waals surface area contributed by atoms with E-state index in [-0.39, 0.29) is 35.4 Å². The molecule has 0 spiro atoms. The summed E-state index contributed by atoms with van der Waals surface area (Å²) in [5, 5.41) is 3.18. The Balaban J connectivity index is 0.00000341. The van der Waals surface area contributed by atoms with Crippen LogP contribution in [0.15, 0.2) is 36.5 Å². The highest BCUT2D eigenvalue weighted by atomic mass is 35.5. The third kappa shape index (κ3) is 6.05. The molecule has 1 aromatic heterocycles. The van der Waals surface area contributed by atoms with Crippen molar-refractivity contribution >= 4 is 45.6 Å². The summed E-state index contributed by atoms with van der Waals surface area (Å²) >= 11 is 5.79. The van der Waals surface area contributed by atoms with Gasteiger partial charge in [-0.2, -0.15) is 0 Å². The second-order valence-electron chi connectivity index (χ2n) is 6.96. The predicted molar refractivity (Wildman–Crippen MR) is 119 cm³/mol. The van der Waals surface area contributed by atoms with Crippen LogP contribution in [-0.2, 0) is 14.8 Å². The van der Waals surface area contributed by atoms with Crippen LogP contribution in [0.5, 0.6) is 0 Å². The molecule has 0 saturated carbocycles. The van der Waals surface area contributed by atoms with Crippen LogP contribution in [0.2, 0.25) is 5.02 Å². The van der Waals surface area contributed by atoms with Crippen molar-refractivity contribution in [3.05, 3.63) is 58.6 Å². The number of amides is 1. The first-order valence-corrected chi connectivity index (χ1v) is 11.4. The molecule has 1 fully saturated rings. The van der Waals surface area contributed by atoms with E-state index in [2.05, 4.69) is 10.3 Å². The number of nitrogens with one attached hydrogen (secondary N) is 1. The SMILES string of the molecule is CS(=O)(=O)N(C[C@@H]1CNCCO[C@H]1c1ccc(Cl)c(F)c1)c1cccnc1C(N)=O.Cl. The first-order valence-electron chi connectivity index (χ1n) is 9.18. The Morgan fingerprint density at radius 1 is 1.42 bits per heavy atom. The molecular weight excluding hydrogens is 470 g/mol. The number of aromatic nitrogens is 1. The maximum Gasteiger partial charge on any atom is 0.269 e. The number of halogens is 3. The molecule has 0 aliphatic carbocycles. The van der Waals surface area contributed by atoms with E-state index in [4.69, 9.17) is 22.1 Å². The van der Waals surface area contributed by atoms with Gasteiger partial charge in [0.15, 0.2) is 5.69 Å². The van der Waals surface area contributed by atoms with Crippen LogP contribution in [0.1, 0.15) is 22.2 Å². The Morgan fingerprint density at radius 2 is 2.16 bits per heavy atom. The van der Waals surface area contributed by atoms with E-state index >= 15 is 0 Å². The summed E-state index contributed by atoms with van der Waals surface area (Å²) in [6, 6.07) is 7.36. The first kappa shape index (κ1) is 25.3. The molecule has 0 bridgehead atoms. The number of hydrogen-bond donors (Lipinski definition) is 2. The van der Waals surface area contributed by atoms with Crippen molar-refractivity contribution in [2.24, 2.45) is 11.7 Å². The minimum Gasteiger partial charge on any atom is -0.372 e. The van der Waals surface area contributed by atoms with Crippen molar-refractivity contribution in [2.75, 3.05) is 36.8 Å². The Kier molecular flexibility index (Phi) is 8.61. The molecule has 3 N–H and O–H groups in total. The van der Waals surface area contributed by atoms with Crippen LogP contribution < -0.4 is 15.4 Å². The van der Waals surface area contributed by atoms with Gasteiger partial charge in [-0.15, -0.1) is 12.4 Å². The summed E-state index contributed by atoms with van der Waals surface area (Å²) in [6.07, 6.45) is 1.80. The average molecular weight is 493 g/mol. The van der Waals surface area contributed by atoms with Crippen molar-refractivity contribution in [3.63, 3.8) is 0 Å². The summed E-state index contributed by atoms with van der Waals surface area (Å²) < 4.78 is 46.3. The van der Waals surface area contributed by atoms with E-state index in [9.17, 15) is 17.6 Å². The summed E-state index contributed by atoms with van der Waals surface area (Å²) in [7, 11) is -3.80. The summed E-state index contributed by atoms with van der Waals surface area (Å²) in [4.78, 5) is 15.7. The molecule has 1 aliphatic rings.